The lowest BCUT2D eigenvalue weighted by molar-refractivity contribution is 0.0158. The summed E-state index contributed by atoms with van der Waals surface area (Å²) < 4.78 is 10.1. The summed E-state index contributed by atoms with van der Waals surface area (Å²) >= 11 is 1.44. The molecule has 1 fully saturated rings. The zero-order valence-electron chi connectivity index (χ0n) is 10.8. The Balaban J connectivity index is 1.89. The van der Waals surface area contributed by atoms with Crippen LogP contribution >= 0.6 is 11.5 Å². The van der Waals surface area contributed by atoms with Gasteiger partial charge in [-0.1, -0.05) is 0 Å². The third-order valence-electron chi connectivity index (χ3n) is 2.63. The molecule has 0 radical (unpaired) electrons. The number of aromatic nitrogens is 2. The number of rotatable bonds is 3. The molecule has 0 aromatic carbocycles. The highest BCUT2D eigenvalue weighted by Crippen LogP contribution is 2.20. The Labute approximate surface area is 107 Å². The van der Waals surface area contributed by atoms with Gasteiger partial charge in [-0.25, -0.2) is 4.98 Å². The third kappa shape index (κ3) is 4.24. The summed E-state index contributed by atoms with van der Waals surface area (Å²) in [6, 6.07) is 0. The standard InChI is InChI=1S/C12H21N3OS/c1-12(2,3)14-11-13-10(15-17-11)8-9-6-4-5-7-16-9/h9H,4-8H2,1-3H3,(H,13,14,15). The van der Waals surface area contributed by atoms with E-state index in [0.29, 0.717) is 6.10 Å². The first-order chi connectivity index (χ1) is 8.03. The Morgan fingerprint density at radius 2 is 2.24 bits per heavy atom. The largest absolute Gasteiger partial charge is 0.378 e. The van der Waals surface area contributed by atoms with Crippen molar-refractivity contribution in [3.8, 4) is 0 Å². The fourth-order valence-corrected chi connectivity index (χ4v) is 2.69. The van der Waals surface area contributed by atoms with E-state index in [4.69, 9.17) is 4.74 Å². The molecule has 1 aromatic heterocycles. The average Bonchev–Trinajstić information content (AvgIpc) is 2.64. The smallest absolute Gasteiger partial charge is 0.202 e. The molecule has 0 aliphatic carbocycles. The molecule has 1 atom stereocenters. The quantitative estimate of drug-likeness (QED) is 0.902. The zero-order valence-corrected chi connectivity index (χ0v) is 11.6. The van der Waals surface area contributed by atoms with Gasteiger partial charge in [0.1, 0.15) is 5.82 Å². The maximum atomic E-state index is 5.70. The van der Waals surface area contributed by atoms with Crippen LogP contribution in [0.2, 0.25) is 0 Å². The average molecular weight is 255 g/mol. The van der Waals surface area contributed by atoms with Crippen molar-refractivity contribution in [3.63, 3.8) is 0 Å². The van der Waals surface area contributed by atoms with Crippen LogP contribution in [-0.2, 0) is 11.2 Å². The van der Waals surface area contributed by atoms with Gasteiger partial charge >= 0.3 is 0 Å². The van der Waals surface area contributed by atoms with Gasteiger partial charge in [-0.05, 0) is 40.0 Å². The molecule has 1 aromatic rings. The van der Waals surface area contributed by atoms with E-state index in [9.17, 15) is 0 Å². The summed E-state index contributed by atoms with van der Waals surface area (Å²) in [4.78, 5) is 4.51. The van der Waals surface area contributed by atoms with Crippen molar-refractivity contribution in [2.45, 2.75) is 58.1 Å². The molecule has 2 heterocycles. The van der Waals surface area contributed by atoms with Crippen LogP contribution in [0, 0.1) is 0 Å². The van der Waals surface area contributed by atoms with Crippen molar-refractivity contribution >= 4 is 16.7 Å². The summed E-state index contributed by atoms with van der Waals surface area (Å²) in [6.45, 7) is 7.26. The minimum absolute atomic E-state index is 0.0398. The summed E-state index contributed by atoms with van der Waals surface area (Å²) in [5.41, 5.74) is 0.0398. The Morgan fingerprint density at radius 1 is 1.41 bits per heavy atom. The minimum atomic E-state index is 0.0398. The normalized spacial score (nSPS) is 21.5. The highest BCUT2D eigenvalue weighted by Gasteiger charge is 2.18. The third-order valence-corrected chi connectivity index (χ3v) is 3.30. The summed E-state index contributed by atoms with van der Waals surface area (Å²) in [6.07, 6.45) is 4.77. The van der Waals surface area contributed by atoms with Gasteiger partial charge in [-0.2, -0.15) is 4.37 Å². The predicted octanol–water partition coefficient (Wildman–Crippen LogP) is 2.86. The van der Waals surface area contributed by atoms with Crippen molar-refractivity contribution in [1.82, 2.24) is 9.36 Å². The van der Waals surface area contributed by atoms with Crippen LogP contribution < -0.4 is 5.32 Å². The number of nitrogens with one attached hydrogen (secondary N) is 1. The molecule has 4 nitrogen and oxygen atoms in total. The summed E-state index contributed by atoms with van der Waals surface area (Å²) in [5, 5.41) is 4.25. The first-order valence-electron chi connectivity index (χ1n) is 6.25. The second-order valence-corrected chi connectivity index (χ2v) is 6.34. The van der Waals surface area contributed by atoms with E-state index in [-0.39, 0.29) is 5.54 Å². The highest BCUT2D eigenvalue weighted by molar-refractivity contribution is 7.09. The molecule has 1 saturated heterocycles. The molecule has 0 saturated carbocycles. The predicted molar refractivity (Wildman–Crippen MR) is 70.6 cm³/mol. The van der Waals surface area contributed by atoms with E-state index in [2.05, 4.69) is 35.4 Å². The molecule has 1 aliphatic rings. The van der Waals surface area contributed by atoms with E-state index in [1.54, 1.807) is 0 Å². The molecule has 17 heavy (non-hydrogen) atoms. The van der Waals surface area contributed by atoms with Gasteiger partial charge in [0, 0.05) is 30.1 Å². The number of ether oxygens (including phenoxy) is 1. The first kappa shape index (κ1) is 12.8. The Kier molecular flexibility index (Phi) is 3.99. The van der Waals surface area contributed by atoms with Crippen LogP contribution in [0.4, 0.5) is 5.13 Å². The molecular formula is C12H21N3OS. The van der Waals surface area contributed by atoms with Gasteiger partial charge in [0.05, 0.1) is 6.10 Å². The second-order valence-electron chi connectivity index (χ2n) is 5.58. The van der Waals surface area contributed by atoms with E-state index in [1.165, 1.54) is 24.4 Å². The SMILES string of the molecule is CC(C)(C)Nc1nc(CC2CCCCO2)ns1. The Bertz CT molecular complexity index is 353. The molecule has 0 bridgehead atoms. The lowest BCUT2D eigenvalue weighted by Gasteiger charge is -2.21. The second kappa shape index (κ2) is 5.31. The maximum Gasteiger partial charge on any atom is 0.202 e. The minimum Gasteiger partial charge on any atom is -0.378 e. The van der Waals surface area contributed by atoms with Crippen LogP contribution in [0.25, 0.3) is 0 Å². The summed E-state index contributed by atoms with van der Waals surface area (Å²) in [5.74, 6) is 0.911. The van der Waals surface area contributed by atoms with E-state index in [0.717, 1.165) is 30.4 Å². The van der Waals surface area contributed by atoms with Crippen LogP contribution in [0.5, 0.6) is 0 Å². The van der Waals surface area contributed by atoms with E-state index in [1.807, 2.05) is 0 Å². The van der Waals surface area contributed by atoms with Crippen molar-refractivity contribution in [2.75, 3.05) is 11.9 Å². The van der Waals surface area contributed by atoms with Crippen LogP contribution in [0.1, 0.15) is 45.9 Å². The van der Waals surface area contributed by atoms with Gasteiger partial charge in [0.15, 0.2) is 0 Å². The lowest BCUT2D eigenvalue weighted by Crippen LogP contribution is -2.26. The topological polar surface area (TPSA) is 47.0 Å². The molecule has 2 rings (SSSR count). The molecule has 5 heteroatoms. The Morgan fingerprint density at radius 3 is 2.88 bits per heavy atom. The number of nitrogens with zero attached hydrogens (tertiary/aromatic N) is 2. The molecule has 1 aliphatic heterocycles. The highest BCUT2D eigenvalue weighted by atomic mass is 32.1. The first-order valence-corrected chi connectivity index (χ1v) is 7.03. The maximum absolute atomic E-state index is 5.70. The van der Waals surface area contributed by atoms with Crippen LogP contribution in [0.3, 0.4) is 0 Å². The van der Waals surface area contributed by atoms with Gasteiger partial charge in [0.2, 0.25) is 5.13 Å². The van der Waals surface area contributed by atoms with Gasteiger partial charge in [-0.15, -0.1) is 0 Å². The number of hydrogen-bond donors (Lipinski definition) is 1. The van der Waals surface area contributed by atoms with E-state index < -0.39 is 0 Å². The fraction of sp³-hybridized carbons (Fsp3) is 0.833. The zero-order chi connectivity index (χ0) is 12.3. The van der Waals surface area contributed by atoms with Crippen molar-refractivity contribution < 1.29 is 4.74 Å². The van der Waals surface area contributed by atoms with Crippen molar-refractivity contribution in [1.29, 1.82) is 0 Å². The lowest BCUT2D eigenvalue weighted by atomic mass is 10.1. The molecule has 96 valence electrons. The van der Waals surface area contributed by atoms with E-state index >= 15 is 0 Å². The van der Waals surface area contributed by atoms with Gasteiger partial charge < -0.3 is 10.1 Å². The van der Waals surface area contributed by atoms with Crippen molar-refractivity contribution in [2.24, 2.45) is 0 Å². The molecule has 0 amide bonds. The number of anilines is 1. The fourth-order valence-electron chi connectivity index (χ4n) is 1.88. The van der Waals surface area contributed by atoms with Crippen LogP contribution in [-0.4, -0.2) is 27.6 Å². The summed E-state index contributed by atoms with van der Waals surface area (Å²) in [7, 11) is 0. The molecule has 1 N–H and O–H groups in total. The van der Waals surface area contributed by atoms with Gasteiger partial charge in [0.25, 0.3) is 0 Å². The molecular weight excluding hydrogens is 234 g/mol. The Hall–Kier alpha value is -0.680. The van der Waals surface area contributed by atoms with Crippen LogP contribution in [0.15, 0.2) is 0 Å². The molecule has 0 spiro atoms. The monoisotopic (exact) mass is 255 g/mol. The number of hydrogen-bond acceptors (Lipinski definition) is 5. The molecule has 1 unspecified atom stereocenters. The van der Waals surface area contributed by atoms with Gasteiger partial charge in [-0.3, -0.25) is 0 Å². The van der Waals surface area contributed by atoms with Crippen molar-refractivity contribution in [3.05, 3.63) is 5.82 Å².